The third-order valence-corrected chi connectivity index (χ3v) is 4.36. The summed E-state index contributed by atoms with van der Waals surface area (Å²) in [5, 5.41) is 7.29. The number of halogens is 2. The smallest absolute Gasteiger partial charge is 0.137 e. The zero-order valence-corrected chi connectivity index (χ0v) is 12.6. The maximum absolute atomic E-state index is 13.7. The molecule has 1 aromatic heterocycles. The summed E-state index contributed by atoms with van der Waals surface area (Å²) in [4.78, 5) is 0. The predicted molar refractivity (Wildman–Crippen MR) is 79.3 cm³/mol. The lowest BCUT2D eigenvalue weighted by molar-refractivity contribution is 0.328. The Labute approximate surface area is 128 Å². The molecule has 3 nitrogen and oxygen atoms in total. The Morgan fingerprint density at radius 1 is 1.27 bits per heavy atom. The van der Waals surface area contributed by atoms with E-state index < -0.39 is 5.82 Å². The summed E-state index contributed by atoms with van der Waals surface area (Å²) < 4.78 is 32.1. The first-order chi connectivity index (χ1) is 10.6. The Balaban J connectivity index is 1.60. The van der Waals surface area contributed by atoms with Crippen LogP contribution in [0.5, 0.6) is 0 Å². The van der Waals surface area contributed by atoms with Gasteiger partial charge in [0.2, 0.25) is 0 Å². The van der Waals surface area contributed by atoms with Crippen LogP contribution in [0.25, 0.3) is 0 Å². The molecule has 2 atom stereocenters. The summed E-state index contributed by atoms with van der Waals surface area (Å²) in [5.74, 6) is 0.574. The fourth-order valence-corrected chi connectivity index (χ4v) is 3.24. The number of benzene rings is 1. The van der Waals surface area contributed by atoms with Crippen LogP contribution in [0.3, 0.4) is 0 Å². The van der Waals surface area contributed by atoms with E-state index in [0.717, 1.165) is 43.2 Å². The summed E-state index contributed by atoms with van der Waals surface area (Å²) in [6.45, 7) is 2.25. The molecule has 1 saturated carbocycles. The average Bonchev–Trinajstić information content (AvgIpc) is 3.10. The monoisotopic (exact) mass is 306 g/mol. The highest BCUT2D eigenvalue weighted by atomic mass is 19.1. The van der Waals surface area contributed by atoms with Gasteiger partial charge in [-0.2, -0.15) is 0 Å². The molecule has 1 aliphatic carbocycles. The van der Waals surface area contributed by atoms with Gasteiger partial charge < -0.3 is 9.84 Å². The van der Waals surface area contributed by atoms with Crippen LogP contribution >= 0.6 is 0 Å². The highest BCUT2D eigenvalue weighted by Crippen LogP contribution is 2.29. The third kappa shape index (κ3) is 3.53. The number of rotatable bonds is 5. The standard InChI is InChI=1S/C17H20F2N2O/c1-11-7-15(22-21-11)9-12-3-2-4-17(12)20-10-13-8-14(18)5-6-16(13)19/h5-8,12,17,20H,2-4,9-10H2,1H3/t12-,17+/m0/s1. The van der Waals surface area contributed by atoms with Crippen molar-refractivity contribution in [1.82, 2.24) is 10.5 Å². The summed E-state index contributed by atoms with van der Waals surface area (Å²) in [5.41, 5.74) is 1.26. The number of aryl methyl sites for hydroxylation is 1. The molecule has 1 heterocycles. The fraction of sp³-hybridized carbons (Fsp3) is 0.471. The van der Waals surface area contributed by atoms with Crippen LogP contribution in [0.15, 0.2) is 28.8 Å². The van der Waals surface area contributed by atoms with Gasteiger partial charge in [-0.25, -0.2) is 8.78 Å². The SMILES string of the molecule is Cc1cc(C[C@@H]2CCC[C@H]2NCc2cc(F)ccc2F)on1. The van der Waals surface area contributed by atoms with Gasteiger partial charge in [0, 0.05) is 30.6 Å². The third-order valence-electron chi connectivity index (χ3n) is 4.36. The molecule has 1 fully saturated rings. The van der Waals surface area contributed by atoms with E-state index in [0.29, 0.717) is 24.1 Å². The molecule has 0 bridgehead atoms. The molecule has 0 aliphatic heterocycles. The Morgan fingerprint density at radius 3 is 2.91 bits per heavy atom. The Bertz CT molecular complexity index is 641. The van der Waals surface area contributed by atoms with E-state index in [4.69, 9.17) is 4.52 Å². The topological polar surface area (TPSA) is 38.1 Å². The van der Waals surface area contributed by atoms with Crippen molar-refractivity contribution in [3.8, 4) is 0 Å². The van der Waals surface area contributed by atoms with Crippen LogP contribution in [0, 0.1) is 24.5 Å². The highest BCUT2D eigenvalue weighted by Gasteiger charge is 2.28. The van der Waals surface area contributed by atoms with Gasteiger partial charge >= 0.3 is 0 Å². The van der Waals surface area contributed by atoms with Crippen molar-refractivity contribution in [2.24, 2.45) is 5.92 Å². The number of nitrogens with one attached hydrogen (secondary N) is 1. The first kappa shape index (κ1) is 15.2. The average molecular weight is 306 g/mol. The minimum Gasteiger partial charge on any atom is -0.361 e. The molecule has 0 spiro atoms. The zero-order valence-electron chi connectivity index (χ0n) is 12.6. The fourth-order valence-electron chi connectivity index (χ4n) is 3.24. The van der Waals surface area contributed by atoms with Crippen LogP contribution in [0.1, 0.15) is 36.3 Å². The second-order valence-corrected chi connectivity index (χ2v) is 6.05. The molecular weight excluding hydrogens is 286 g/mol. The van der Waals surface area contributed by atoms with Crippen molar-refractivity contribution in [3.05, 3.63) is 52.9 Å². The quantitative estimate of drug-likeness (QED) is 0.914. The summed E-state index contributed by atoms with van der Waals surface area (Å²) in [7, 11) is 0. The first-order valence-electron chi connectivity index (χ1n) is 7.71. The molecule has 0 saturated heterocycles. The first-order valence-corrected chi connectivity index (χ1v) is 7.71. The van der Waals surface area contributed by atoms with Crippen molar-refractivity contribution >= 4 is 0 Å². The van der Waals surface area contributed by atoms with E-state index >= 15 is 0 Å². The van der Waals surface area contributed by atoms with Gasteiger partial charge in [-0.05, 0) is 43.9 Å². The van der Waals surface area contributed by atoms with Crippen molar-refractivity contribution in [1.29, 1.82) is 0 Å². The molecule has 118 valence electrons. The number of nitrogens with zero attached hydrogens (tertiary/aromatic N) is 1. The van der Waals surface area contributed by atoms with Crippen molar-refractivity contribution in [3.63, 3.8) is 0 Å². The molecule has 1 aliphatic rings. The Morgan fingerprint density at radius 2 is 2.14 bits per heavy atom. The van der Waals surface area contributed by atoms with E-state index in [1.165, 1.54) is 12.1 Å². The van der Waals surface area contributed by atoms with Gasteiger partial charge in [-0.1, -0.05) is 11.6 Å². The maximum Gasteiger partial charge on any atom is 0.137 e. The minimum absolute atomic E-state index is 0.299. The Hall–Kier alpha value is -1.75. The molecular formula is C17H20F2N2O. The number of hydrogen-bond acceptors (Lipinski definition) is 3. The minimum atomic E-state index is -0.404. The van der Waals surface area contributed by atoms with E-state index in [2.05, 4.69) is 10.5 Å². The Kier molecular flexibility index (Phi) is 4.52. The zero-order chi connectivity index (χ0) is 15.5. The van der Waals surface area contributed by atoms with Crippen LogP contribution in [0.4, 0.5) is 8.78 Å². The van der Waals surface area contributed by atoms with Crippen LogP contribution < -0.4 is 5.32 Å². The molecule has 1 N–H and O–H groups in total. The van der Waals surface area contributed by atoms with E-state index in [-0.39, 0.29) is 5.82 Å². The number of aromatic nitrogens is 1. The second kappa shape index (κ2) is 6.57. The van der Waals surface area contributed by atoms with Gasteiger partial charge in [-0.3, -0.25) is 0 Å². The lowest BCUT2D eigenvalue weighted by Crippen LogP contribution is -2.33. The van der Waals surface area contributed by atoms with Gasteiger partial charge in [0.1, 0.15) is 17.4 Å². The predicted octanol–water partition coefficient (Wildman–Crippen LogP) is 3.76. The maximum atomic E-state index is 13.7. The molecule has 2 aromatic rings. The lowest BCUT2D eigenvalue weighted by Gasteiger charge is -2.20. The largest absolute Gasteiger partial charge is 0.361 e. The van der Waals surface area contributed by atoms with Crippen LogP contribution in [-0.4, -0.2) is 11.2 Å². The van der Waals surface area contributed by atoms with Crippen molar-refractivity contribution in [2.75, 3.05) is 0 Å². The normalized spacial score (nSPS) is 21.4. The molecule has 1 aromatic carbocycles. The summed E-state index contributed by atoms with van der Waals surface area (Å²) in [6.07, 6.45) is 4.14. The van der Waals surface area contributed by atoms with Gasteiger partial charge in [0.05, 0.1) is 5.69 Å². The van der Waals surface area contributed by atoms with E-state index in [1.807, 2.05) is 13.0 Å². The number of hydrogen-bond donors (Lipinski definition) is 1. The van der Waals surface area contributed by atoms with Gasteiger partial charge in [0.15, 0.2) is 0 Å². The molecule has 5 heteroatoms. The molecule has 3 rings (SSSR count). The van der Waals surface area contributed by atoms with E-state index in [9.17, 15) is 8.78 Å². The molecule has 0 unspecified atom stereocenters. The van der Waals surface area contributed by atoms with Crippen molar-refractivity contribution < 1.29 is 13.3 Å². The molecule has 22 heavy (non-hydrogen) atoms. The van der Waals surface area contributed by atoms with Gasteiger partial charge in [-0.15, -0.1) is 0 Å². The second-order valence-electron chi connectivity index (χ2n) is 6.05. The highest BCUT2D eigenvalue weighted by molar-refractivity contribution is 5.18. The van der Waals surface area contributed by atoms with Crippen molar-refractivity contribution in [2.45, 2.75) is 45.2 Å². The summed E-state index contributed by atoms with van der Waals surface area (Å²) >= 11 is 0. The van der Waals surface area contributed by atoms with E-state index in [1.54, 1.807) is 0 Å². The lowest BCUT2D eigenvalue weighted by atomic mass is 9.97. The van der Waals surface area contributed by atoms with Crippen LogP contribution in [-0.2, 0) is 13.0 Å². The van der Waals surface area contributed by atoms with Crippen LogP contribution in [0.2, 0.25) is 0 Å². The molecule has 0 radical (unpaired) electrons. The van der Waals surface area contributed by atoms with Gasteiger partial charge in [0.25, 0.3) is 0 Å². The molecule has 0 amide bonds. The summed E-state index contributed by atoms with van der Waals surface area (Å²) in [6, 6.07) is 5.83.